The van der Waals surface area contributed by atoms with E-state index in [0.717, 1.165) is 36.9 Å². The third kappa shape index (κ3) is 3.61. The Balaban J connectivity index is 1.75. The van der Waals surface area contributed by atoms with Crippen LogP contribution < -0.4 is 5.32 Å². The SMILES string of the molecule is Cc1occc1C(=O)OCC(=O)Nc1c(C#N)c(C)c(C)n1C1CCCC1. The summed E-state index contributed by atoms with van der Waals surface area (Å²) in [5.74, 6) is -0.151. The lowest BCUT2D eigenvalue weighted by Gasteiger charge is -2.19. The van der Waals surface area contributed by atoms with Gasteiger partial charge in [-0.05, 0) is 45.2 Å². The van der Waals surface area contributed by atoms with Crippen molar-refractivity contribution in [3.05, 3.63) is 40.5 Å². The second kappa shape index (κ2) is 7.70. The lowest BCUT2D eigenvalue weighted by molar-refractivity contribution is -0.119. The third-order valence-electron chi connectivity index (χ3n) is 5.23. The van der Waals surface area contributed by atoms with Gasteiger partial charge in [-0.2, -0.15) is 5.26 Å². The number of aryl methyl sites for hydroxylation is 1. The van der Waals surface area contributed by atoms with Gasteiger partial charge in [0, 0.05) is 11.7 Å². The zero-order chi connectivity index (χ0) is 19.6. The summed E-state index contributed by atoms with van der Waals surface area (Å²) in [6.45, 7) is 5.07. The molecule has 0 spiro atoms. The number of carbonyl (C=O) groups excluding carboxylic acids is 2. The van der Waals surface area contributed by atoms with Crippen LogP contribution in [0.15, 0.2) is 16.7 Å². The number of nitriles is 1. The average molecular weight is 369 g/mol. The predicted molar refractivity (Wildman–Crippen MR) is 98.5 cm³/mol. The molecule has 1 aliphatic carbocycles. The number of carbonyl (C=O) groups is 2. The topological polar surface area (TPSA) is 97.3 Å². The Morgan fingerprint density at radius 2 is 2.04 bits per heavy atom. The number of amides is 1. The number of nitrogens with zero attached hydrogens (tertiary/aromatic N) is 2. The summed E-state index contributed by atoms with van der Waals surface area (Å²) in [6.07, 6.45) is 5.72. The van der Waals surface area contributed by atoms with E-state index in [1.54, 1.807) is 6.92 Å². The van der Waals surface area contributed by atoms with Gasteiger partial charge in [-0.1, -0.05) is 12.8 Å². The molecular formula is C20H23N3O4. The van der Waals surface area contributed by atoms with Gasteiger partial charge in [-0.15, -0.1) is 0 Å². The van der Waals surface area contributed by atoms with Crippen molar-refractivity contribution < 1.29 is 18.7 Å². The van der Waals surface area contributed by atoms with Crippen LogP contribution in [0.1, 0.15) is 64.7 Å². The molecule has 1 saturated carbocycles. The first-order chi connectivity index (χ1) is 12.9. The van der Waals surface area contributed by atoms with Crippen molar-refractivity contribution >= 4 is 17.7 Å². The predicted octanol–water partition coefficient (Wildman–Crippen LogP) is 3.79. The summed E-state index contributed by atoms with van der Waals surface area (Å²) in [7, 11) is 0. The summed E-state index contributed by atoms with van der Waals surface area (Å²) in [5.41, 5.74) is 2.61. The molecule has 1 aliphatic rings. The fourth-order valence-corrected chi connectivity index (χ4v) is 3.68. The molecule has 0 aliphatic heterocycles. The summed E-state index contributed by atoms with van der Waals surface area (Å²) >= 11 is 0. The molecule has 1 fully saturated rings. The quantitative estimate of drug-likeness (QED) is 0.809. The first kappa shape index (κ1) is 18.8. The van der Waals surface area contributed by atoms with Crippen molar-refractivity contribution in [1.29, 1.82) is 5.26 Å². The van der Waals surface area contributed by atoms with Crippen molar-refractivity contribution in [2.24, 2.45) is 0 Å². The van der Waals surface area contributed by atoms with Crippen LogP contribution >= 0.6 is 0 Å². The Kier molecular flexibility index (Phi) is 5.36. The van der Waals surface area contributed by atoms with Crippen LogP contribution in [0.4, 0.5) is 5.82 Å². The Labute approximate surface area is 157 Å². The van der Waals surface area contributed by atoms with E-state index in [1.807, 2.05) is 13.8 Å². The zero-order valence-corrected chi connectivity index (χ0v) is 15.8. The van der Waals surface area contributed by atoms with Crippen LogP contribution in [0.5, 0.6) is 0 Å². The van der Waals surface area contributed by atoms with Crippen LogP contribution in [0.2, 0.25) is 0 Å². The molecule has 0 saturated heterocycles. The average Bonchev–Trinajstić information content (AvgIpc) is 3.35. The van der Waals surface area contributed by atoms with Crippen LogP contribution in [0.3, 0.4) is 0 Å². The Hall–Kier alpha value is -3.01. The molecule has 2 heterocycles. The highest BCUT2D eigenvalue weighted by atomic mass is 16.5. The molecule has 2 aromatic rings. The van der Waals surface area contributed by atoms with E-state index in [9.17, 15) is 14.9 Å². The number of hydrogen-bond acceptors (Lipinski definition) is 5. The molecule has 142 valence electrons. The van der Waals surface area contributed by atoms with Gasteiger partial charge in [-0.25, -0.2) is 4.79 Å². The number of esters is 1. The van der Waals surface area contributed by atoms with E-state index in [1.165, 1.54) is 12.3 Å². The van der Waals surface area contributed by atoms with Gasteiger partial charge in [0.2, 0.25) is 0 Å². The highest BCUT2D eigenvalue weighted by Gasteiger charge is 2.27. The molecule has 0 aromatic carbocycles. The van der Waals surface area contributed by atoms with E-state index in [-0.39, 0.29) is 6.04 Å². The number of rotatable bonds is 5. The van der Waals surface area contributed by atoms with Gasteiger partial charge in [0.15, 0.2) is 6.61 Å². The second-order valence-corrected chi connectivity index (χ2v) is 6.87. The fraction of sp³-hybridized carbons (Fsp3) is 0.450. The molecule has 7 nitrogen and oxygen atoms in total. The first-order valence-electron chi connectivity index (χ1n) is 9.06. The van der Waals surface area contributed by atoms with Gasteiger partial charge in [-0.3, -0.25) is 4.79 Å². The van der Waals surface area contributed by atoms with Gasteiger partial charge in [0.1, 0.15) is 23.2 Å². The largest absolute Gasteiger partial charge is 0.469 e. The normalized spacial score (nSPS) is 14.1. The Morgan fingerprint density at radius 3 is 2.63 bits per heavy atom. The van der Waals surface area contributed by atoms with Crippen LogP contribution in [0.25, 0.3) is 0 Å². The third-order valence-corrected chi connectivity index (χ3v) is 5.23. The molecule has 0 bridgehead atoms. The highest BCUT2D eigenvalue weighted by molar-refractivity contribution is 5.96. The van der Waals surface area contributed by atoms with Gasteiger partial charge in [0.25, 0.3) is 5.91 Å². The monoisotopic (exact) mass is 369 g/mol. The first-order valence-corrected chi connectivity index (χ1v) is 9.06. The smallest absolute Gasteiger partial charge is 0.342 e. The molecule has 0 atom stereocenters. The maximum Gasteiger partial charge on any atom is 0.342 e. The minimum Gasteiger partial charge on any atom is -0.469 e. The van der Waals surface area contributed by atoms with E-state index in [0.29, 0.717) is 22.7 Å². The van der Waals surface area contributed by atoms with E-state index >= 15 is 0 Å². The van der Waals surface area contributed by atoms with Crippen molar-refractivity contribution in [3.8, 4) is 6.07 Å². The molecule has 7 heteroatoms. The standard InChI is InChI=1S/C20H23N3O4/c1-12-13(2)23(15-6-4-5-7-15)19(17(12)10-21)22-18(24)11-27-20(25)16-8-9-26-14(16)3/h8-9,15H,4-7,11H2,1-3H3,(H,22,24). The lowest BCUT2D eigenvalue weighted by Crippen LogP contribution is -2.24. The molecule has 0 unspecified atom stereocenters. The molecule has 3 rings (SSSR count). The molecule has 1 N–H and O–H groups in total. The summed E-state index contributed by atoms with van der Waals surface area (Å²) in [6, 6.07) is 3.97. The van der Waals surface area contributed by atoms with Crippen LogP contribution in [-0.4, -0.2) is 23.1 Å². The number of anilines is 1. The molecule has 2 aromatic heterocycles. The fourth-order valence-electron chi connectivity index (χ4n) is 3.68. The Bertz CT molecular complexity index is 911. The lowest BCUT2D eigenvalue weighted by atomic mass is 10.2. The van der Waals surface area contributed by atoms with Crippen molar-refractivity contribution in [2.75, 3.05) is 11.9 Å². The maximum atomic E-state index is 12.4. The van der Waals surface area contributed by atoms with Crippen LogP contribution in [-0.2, 0) is 9.53 Å². The van der Waals surface area contributed by atoms with Crippen LogP contribution in [0, 0.1) is 32.1 Å². The minimum atomic E-state index is -0.615. The maximum absolute atomic E-state index is 12.4. The number of hydrogen-bond donors (Lipinski definition) is 1. The molecule has 27 heavy (non-hydrogen) atoms. The molecule has 0 radical (unpaired) electrons. The van der Waals surface area contributed by atoms with E-state index in [2.05, 4.69) is 16.0 Å². The molecule has 1 amide bonds. The summed E-state index contributed by atoms with van der Waals surface area (Å²) in [4.78, 5) is 24.4. The minimum absolute atomic E-state index is 0.275. The number of nitrogens with one attached hydrogen (secondary N) is 1. The van der Waals surface area contributed by atoms with Crippen molar-refractivity contribution in [2.45, 2.75) is 52.5 Å². The van der Waals surface area contributed by atoms with Crippen molar-refractivity contribution in [3.63, 3.8) is 0 Å². The zero-order valence-electron chi connectivity index (χ0n) is 15.8. The highest BCUT2D eigenvalue weighted by Crippen LogP contribution is 2.37. The van der Waals surface area contributed by atoms with E-state index < -0.39 is 18.5 Å². The Morgan fingerprint density at radius 1 is 1.33 bits per heavy atom. The number of furan rings is 1. The molecular weight excluding hydrogens is 346 g/mol. The van der Waals surface area contributed by atoms with E-state index in [4.69, 9.17) is 9.15 Å². The number of aromatic nitrogens is 1. The van der Waals surface area contributed by atoms with Gasteiger partial charge in [0.05, 0.1) is 11.8 Å². The van der Waals surface area contributed by atoms with Gasteiger partial charge >= 0.3 is 5.97 Å². The number of ether oxygens (including phenoxy) is 1. The van der Waals surface area contributed by atoms with Gasteiger partial charge < -0.3 is 19.0 Å². The summed E-state index contributed by atoms with van der Waals surface area (Å²) in [5, 5.41) is 12.3. The second-order valence-electron chi connectivity index (χ2n) is 6.87. The summed E-state index contributed by atoms with van der Waals surface area (Å²) < 4.78 is 12.2. The van der Waals surface area contributed by atoms with Crippen molar-refractivity contribution in [1.82, 2.24) is 4.57 Å².